The third-order valence-corrected chi connectivity index (χ3v) is 4.02. The van der Waals surface area contributed by atoms with Crippen LogP contribution in [-0.4, -0.2) is 37.6 Å². The second-order valence-corrected chi connectivity index (χ2v) is 5.81. The van der Waals surface area contributed by atoms with Gasteiger partial charge in [-0.3, -0.25) is 0 Å². The number of rotatable bonds is 6. The van der Waals surface area contributed by atoms with Crippen molar-refractivity contribution in [3.63, 3.8) is 0 Å². The van der Waals surface area contributed by atoms with Gasteiger partial charge in [-0.2, -0.15) is 0 Å². The monoisotopic (exact) mass is 226 g/mol. The molecule has 0 atom stereocenters. The fraction of sp³-hybridized carbons (Fsp3) is 1.00. The van der Waals surface area contributed by atoms with E-state index in [9.17, 15) is 0 Å². The van der Waals surface area contributed by atoms with E-state index in [1.165, 1.54) is 45.1 Å². The van der Waals surface area contributed by atoms with E-state index >= 15 is 0 Å². The fourth-order valence-electron chi connectivity index (χ4n) is 2.74. The van der Waals surface area contributed by atoms with Crippen LogP contribution in [0.4, 0.5) is 0 Å². The summed E-state index contributed by atoms with van der Waals surface area (Å²) in [7, 11) is 4.40. The molecular weight excluding hydrogens is 196 g/mol. The van der Waals surface area contributed by atoms with Crippen molar-refractivity contribution >= 4 is 0 Å². The standard InChI is InChI=1S/C14H30N2/c1-12(2)6-5-11-16(4)14-9-7-13(15-3)8-10-14/h12-15H,5-11H2,1-4H3. The van der Waals surface area contributed by atoms with Crippen molar-refractivity contribution in [3.8, 4) is 0 Å². The van der Waals surface area contributed by atoms with Crippen LogP contribution < -0.4 is 5.32 Å². The topological polar surface area (TPSA) is 15.3 Å². The van der Waals surface area contributed by atoms with Gasteiger partial charge in [0.15, 0.2) is 0 Å². The molecule has 0 saturated heterocycles. The first-order chi connectivity index (χ1) is 7.63. The van der Waals surface area contributed by atoms with E-state index in [1.54, 1.807) is 0 Å². The first kappa shape index (κ1) is 14.0. The lowest BCUT2D eigenvalue weighted by Gasteiger charge is -2.34. The van der Waals surface area contributed by atoms with Crippen LogP contribution in [0, 0.1) is 5.92 Å². The van der Waals surface area contributed by atoms with Gasteiger partial charge in [-0.15, -0.1) is 0 Å². The molecule has 96 valence electrons. The molecule has 2 heteroatoms. The molecule has 1 aliphatic rings. The normalized spacial score (nSPS) is 26.6. The Bertz CT molecular complexity index is 172. The van der Waals surface area contributed by atoms with Gasteiger partial charge >= 0.3 is 0 Å². The van der Waals surface area contributed by atoms with Gasteiger partial charge in [-0.1, -0.05) is 13.8 Å². The van der Waals surface area contributed by atoms with Gasteiger partial charge in [0.05, 0.1) is 0 Å². The maximum atomic E-state index is 3.40. The van der Waals surface area contributed by atoms with E-state index in [1.807, 2.05) is 0 Å². The van der Waals surface area contributed by atoms with Gasteiger partial charge in [0.25, 0.3) is 0 Å². The van der Waals surface area contributed by atoms with E-state index in [2.05, 4.69) is 38.2 Å². The van der Waals surface area contributed by atoms with Crippen LogP contribution in [0.3, 0.4) is 0 Å². The zero-order valence-electron chi connectivity index (χ0n) is 11.6. The molecule has 0 heterocycles. The summed E-state index contributed by atoms with van der Waals surface area (Å²) in [4.78, 5) is 2.59. The van der Waals surface area contributed by atoms with Crippen LogP contribution >= 0.6 is 0 Å². The molecule has 0 radical (unpaired) electrons. The van der Waals surface area contributed by atoms with Crippen molar-refractivity contribution in [3.05, 3.63) is 0 Å². The molecule has 1 rings (SSSR count). The van der Waals surface area contributed by atoms with Crippen LogP contribution in [-0.2, 0) is 0 Å². The van der Waals surface area contributed by atoms with E-state index in [4.69, 9.17) is 0 Å². The Labute approximate surface area is 102 Å². The Morgan fingerprint density at radius 1 is 1.19 bits per heavy atom. The van der Waals surface area contributed by atoms with Crippen molar-refractivity contribution in [2.75, 3.05) is 20.6 Å². The molecule has 0 amide bonds. The van der Waals surface area contributed by atoms with Gasteiger partial charge in [0.1, 0.15) is 0 Å². The maximum absolute atomic E-state index is 3.40. The van der Waals surface area contributed by atoms with Crippen molar-refractivity contribution < 1.29 is 0 Å². The molecule has 16 heavy (non-hydrogen) atoms. The minimum atomic E-state index is 0.778. The second kappa shape index (κ2) is 7.29. The van der Waals surface area contributed by atoms with Crippen LogP contribution in [0.2, 0.25) is 0 Å². The maximum Gasteiger partial charge on any atom is 0.00933 e. The molecule has 0 aromatic heterocycles. The van der Waals surface area contributed by atoms with Gasteiger partial charge in [-0.05, 0) is 65.1 Å². The quantitative estimate of drug-likeness (QED) is 0.749. The molecule has 0 bridgehead atoms. The first-order valence-corrected chi connectivity index (χ1v) is 7.01. The highest BCUT2D eigenvalue weighted by molar-refractivity contribution is 4.80. The average Bonchev–Trinajstić information content (AvgIpc) is 2.28. The zero-order chi connectivity index (χ0) is 12.0. The zero-order valence-corrected chi connectivity index (χ0v) is 11.6. The summed E-state index contributed by atoms with van der Waals surface area (Å²) in [6, 6.07) is 1.62. The van der Waals surface area contributed by atoms with Crippen LogP contribution in [0.15, 0.2) is 0 Å². The minimum absolute atomic E-state index is 0.778. The summed E-state index contributed by atoms with van der Waals surface area (Å²) in [6.45, 7) is 5.92. The SMILES string of the molecule is CNC1CCC(N(C)CCCC(C)C)CC1. The van der Waals surface area contributed by atoms with Gasteiger partial charge in [-0.25, -0.2) is 0 Å². The predicted octanol–water partition coefficient (Wildman–Crippen LogP) is 2.89. The Balaban J connectivity index is 2.15. The smallest absolute Gasteiger partial charge is 0.00933 e. The molecule has 0 aromatic carbocycles. The molecule has 0 aromatic rings. The van der Waals surface area contributed by atoms with Crippen molar-refractivity contribution in [2.24, 2.45) is 5.92 Å². The van der Waals surface area contributed by atoms with E-state index in [-0.39, 0.29) is 0 Å². The second-order valence-electron chi connectivity index (χ2n) is 5.81. The molecular formula is C14H30N2. The molecule has 0 unspecified atom stereocenters. The van der Waals surface area contributed by atoms with Crippen LogP contribution in [0.5, 0.6) is 0 Å². The van der Waals surface area contributed by atoms with E-state index < -0.39 is 0 Å². The molecule has 1 N–H and O–H groups in total. The number of hydrogen-bond donors (Lipinski definition) is 1. The highest BCUT2D eigenvalue weighted by atomic mass is 15.1. The lowest BCUT2D eigenvalue weighted by molar-refractivity contribution is 0.172. The average molecular weight is 226 g/mol. The van der Waals surface area contributed by atoms with Crippen LogP contribution in [0.25, 0.3) is 0 Å². The number of nitrogens with zero attached hydrogens (tertiary/aromatic N) is 1. The Hall–Kier alpha value is -0.0800. The Morgan fingerprint density at radius 2 is 1.81 bits per heavy atom. The van der Waals surface area contributed by atoms with Crippen LogP contribution in [0.1, 0.15) is 52.4 Å². The third kappa shape index (κ3) is 4.84. The number of nitrogens with one attached hydrogen (secondary N) is 1. The Kier molecular flexibility index (Phi) is 6.37. The fourth-order valence-corrected chi connectivity index (χ4v) is 2.74. The number of hydrogen-bond acceptors (Lipinski definition) is 2. The predicted molar refractivity (Wildman–Crippen MR) is 71.8 cm³/mol. The molecule has 1 fully saturated rings. The minimum Gasteiger partial charge on any atom is -0.317 e. The molecule has 0 aliphatic heterocycles. The Morgan fingerprint density at radius 3 is 2.31 bits per heavy atom. The summed E-state index contributed by atoms with van der Waals surface area (Å²) >= 11 is 0. The highest BCUT2D eigenvalue weighted by Gasteiger charge is 2.22. The van der Waals surface area contributed by atoms with Crippen molar-refractivity contribution in [1.29, 1.82) is 0 Å². The summed E-state index contributed by atoms with van der Waals surface area (Å²) in [5, 5.41) is 3.40. The summed E-state index contributed by atoms with van der Waals surface area (Å²) in [5.74, 6) is 0.855. The summed E-state index contributed by atoms with van der Waals surface area (Å²) < 4.78 is 0. The lowest BCUT2D eigenvalue weighted by Crippen LogP contribution is -2.40. The van der Waals surface area contributed by atoms with Gasteiger partial charge < -0.3 is 10.2 Å². The molecule has 1 aliphatic carbocycles. The van der Waals surface area contributed by atoms with Crippen molar-refractivity contribution in [1.82, 2.24) is 10.2 Å². The summed E-state index contributed by atoms with van der Waals surface area (Å²) in [6.07, 6.45) is 8.20. The largest absolute Gasteiger partial charge is 0.317 e. The van der Waals surface area contributed by atoms with Crippen molar-refractivity contribution in [2.45, 2.75) is 64.5 Å². The summed E-state index contributed by atoms with van der Waals surface area (Å²) in [5.41, 5.74) is 0. The first-order valence-electron chi connectivity index (χ1n) is 7.01. The molecule has 0 spiro atoms. The third-order valence-electron chi connectivity index (χ3n) is 4.02. The van der Waals surface area contributed by atoms with E-state index in [0.717, 1.165) is 18.0 Å². The van der Waals surface area contributed by atoms with Gasteiger partial charge in [0.2, 0.25) is 0 Å². The highest BCUT2D eigenvalue weighted by Crippen LogP contribution is 2.22. The molecule has 1 saturated carbocycles. The van der Waals surface area contributed by atoms with E-state index in [0.29, 0.717) is 0 Å². The molecule has 2 nitrogen and oxygen atoms in total. The van der Waals surface area contributed by atoms with Gasteiger partial charge in [0, 0.05) is 12.1 Å². The lowest BCUT2D eigenvalue weighted by atomic mass is 9.90.